The van der Waals surface area contributed by atoms with Crippen molar-refractivity contribution in [1.29, 1.82) is 0 Å². The molecule has 134 valence electrons. The molecule has 3 aromatic rings. The number of H-pyrrole nitrogens is 1. The fourth-order valence-corrected chi connectivity index (χ4v) is 2.81. The smallest absolute Gasteiger partial charge is 0.226 e. The van der Waals surface area contributed by atoms with E-state index in [1.54, 1.807) is 6.07 Å². The maximum Gasteiger partial charge on any atom is 0.226 e. The fourth-order valence-electron chi connectivity index (χ4n) is 2.81. The molecule has 1 saturated carbocycles. The van der Waals surface area contributed by atoms with Gasteiger partial charge in [-0.3, -0.25) is 4.79 Å². The van der Waals surface area contributed by atoms with Gasteiger partial charge in [0.1, 0.15) is 12.4 Å². The van der Waals surface area contributed by atoms with Crippen LogP contribution in [-0.2, 0) is 17.9 Å². The quantitative estimate of drug-likeness (QED) is 0.664. The lowest BCUT2D eigenvalue weighted by atomic mass is 10.1. The van der Waals surface area contributed by atoms with Gasteiger partial charge in [0.2, 0.25) is 11.9 Å². The summed E-state index contributed by atoms with van der Waals surface area (Å²) in [6.07, 6.45) is 3.40. The van der Waals surface area contributed by atoms with E-state index in [1.807, 2.05) is 31.2 Å². The van der Waals surface area contributed by atoms with E-state index in [0.29, 0.717) is 18.9 Å². The molecule has 0 atom stereocenters. The minimum Gasteiger partial charge on any atom is -0.489 e. The van der Waals surface area contributed by atoms with E-state index in [-0.39, 0.29) is 11.3 Å². The molecule has 5 nitrogen and oxygen atoms in total. The molecule has 2 aromatic heterocycles. The van der Waals surface area contributed by atoms with Gasteiger partial charge in [0, 0.05) is 34.5 Å². The van der Waals surface area contributed by atoms with Crippen molar-refractivity contribution in [2.24, 2.45) is 5.41 Å². The number of rotatable bonds is 6. The average molecular weight is 353 g/mol. The third-order valence-electron chi connectivity index (χ3n) is 4.83. The topological polar surface area (TPSA) is 67.0 Å². The van der Waals surface area contributed by atoms with Crippen molar-refractivity contribution in [3.8, 4) is 5.75 Å². The molecule has 0 aliphatic heterocycles. The number of carbonyl (C=O) groups excluding carboxylic acids is 1. The zero-order chi connectivity index (χ0) is 18.1. The number of pyridine rings is 1. The summed E-state index contributed by atoms with van der Waals surface area (Å²) in [5.74, 6) is 0.328. The first-order chi connectivity index (χ1) is 12.5. The van der Waals surface area contributed by atoms with Gasteiger partial charge in [0.25, 0.3) is 0 Å². The van der Waals surface area contributed by atoms with Crippen LogP contribution in [0.15, 0.2) is 42.6 Å². The molecule has 4 rings (SSSR count). The molecule has 2 heterocycles. The third kappa shape index (κ3) is 3.54. The molecular formula is C20H20FN3O2. The zero-order valence-corrected chi connectivity index (χ0v) is 14.5. The van der Waals surface area contributed by atoms with Crippen LogP contribution in [0, 0.1) is 11.4 Å². The lowest BCUT2D eigenvalue weighted by Crippen LogP contribution is -2.29. The second kappa shape index (κ2) is 6.44. The standard InChI is InChI=1S/C20H20FN3O2/c1-20(6-7-20)19(25)23-11-15-8-14-3-4-16(9-17(14)24-15)26-12-13-2-5-18(21)22-10-13/h2-5,8-10,24H,6-7,11-12H2,1H3,(H,23,25). The van der Waals surface area contributed by atoms with Crippen LogP contribution in [0.2, 0.25) is 0 Å². The summed E-state index contributed by atoms with van der Waals surface area (Å²) in [7, 11) is 0. The molecular weight excluding hydrogens is 333 g/mol. The molecule has 0 bridgehead atoms. The second-order valence-corrected chi connectivity index (χ2v) is 7.06. The number of ether oxygens (including phenoxy) is 1. The van der Waals surface area contributed by atoms with Crippen molar-refractivity contribution in [2.75, 3.05) is 0 Å². The van der Waals surface area contributed by atoms with E-state index in [2.05, 4.69) is 15.3 Å². The van der Waals surface area contributed by atoms with E-state index >= 15 is 0 Å². The monoisotopic (exact) mass is 353 g/mol. The maximum absolute atomic E-state index is 12.8. The summed E-state index contributed by atoms with van der Waals surface area (Å²) in [6.45, 7) is 2.80. The van der Waals surface area contributed by atoms with Crippen LogP contribution in [0.3, 0.4) is 0 Å². The molecule has 26 heavy (non-hydrogen) atoms. The van der Waals surface area contributed by atoms with Gasteiger partial charge in [-0.2, -0.15) is 4.39 Å². The van der Waals surface area contributed by atoms with Crippen molar-refractivity contribution < 1.29 is 13.9 Å². The van der Waals surface area contributed by atoms with Gasteiger partial charge in [0.05, 0.1) is 6.54 Å². The molecule has 1 aliphatic rings. The zero-order valence-electron chi connectivity index (χ0n) is 14.5. The van der Waals surface area contributed by atoms with Gasteiger partial charge in [-0.15, -0.1) is 0 Å². The van der Waals surface area contributed by atoms with Gasteiger partial charge in [-0.25, -0.2) is 4.98 Å². The number of aromatic amines is 1. The molecule has 0 radical (unpaired) electrons. The van der Waals surface area contributed by atoms with Crippen molar-refractivity contribution in [2.45, 2.75) is 32.9 Å². The summed E-state index contributed by atoms with van der Waals surface area (Å²) in [5.41, 5.74) is 2.54. The van der Waals surface area contributed by atoms with Crippen molar-refractivity contribution in [1.82, 2.24) is 15.3 Å². The minimum atomic E-state index is -0.503. The highest BCUT2D eigenvalue weighted by Crippen LogP contribution is 2.45. The van der Waals surface area contributed by atoms with Crippen LogP contribution in [-0.4, -0.2) is 15.9 Å². The largest absolute Gasteiger partial charge is 0.489 e. The van der Waals surface area contributed by atoms with E-state index in [9.17, 15) is 9.18 Å². The Morgan fingerprint density at radius 3 is 2.88 bits per heavy atom. The number of halogens is 1. The van der Waals surface area contributed by atoms with Gasteiger partial charge in [0.15, 0.2) is 0 Å². The van der Waals surface area contributed by atoms with Crippen molar-refractivity contribution >= 4 is 16.8 Å². The number of hydrogen-bond acceptors (Lipinski definition) is 3. The summed E-state index contributed by atoms with van der Waals surface area (Å²) >= 11 is 0. The lowest BCUT2D eigenvalue weighted by molar-refractivity contribution is -0.125. The molecule has 6 heteroatoms. The maximum atomic E-state index is 12.8. The summed E-state index contributed by atoms with van der Waals surface area (Å²) in [5, 5.41) is 4.05. The van der Waals surface area contributed by atoms with Crippen LogP contribution in [0.1, 0.15) is 31.0 Å². The van der Waals surface area contributed by atoms with E-state index in [4.69, 9.17) is 4.74 Å². The third-order valence-corrected chi connectivity index (χ3v) is 4.83. The number of nitrogens with one attached hydrogen (secondary N) is 2. The predicted molar refractivity (Wildman–Crippen MR) is 96.0 cm³/mol. The minimum absolute atomic E-state index is 0.119. The first kappa shape index (κ1) is 16.6. The number of aromatic nitrogens is 2. The molecule has 1 fully saturated rings. The first-order valence-corrected chi connectivity index (χ1v) is 8.65. The Bertz CT molecular complexity index is 945. The van der Waals surface area contributed by atoms with Crippen LogP contribution >= 0.6 is 0 Å². The molecule has 1 aromatic carbocycles. The van der Waals surface area contributed by atoms with Gasteiger partial charge >= 0.3 is 0 Å². The van der Waals surface area contributed by atoms with Crippen LogP contribution in [0.5, 0.6) is 5.75 Å². The molecule has 1 aliphatic carbocycles. The highest BCUT2D eigenvalue weighted by atomic mass is 19.1. The Labute approximate surface area is 150 Å². The molecule has 2 N–H and O–H groups in total. The Morgan fingerprint density at radius 1 is 1.31 bits per heavy atom. The number of benzene rings is 1. The number of fused-ring (bicyclic) bond motifs is 1. The van der Waals surface area contributed by atoms with Crippen LogP contribution in [0.4, 0.5) is 4.39 Å². The predicted octanol–water partition coefficient (Wildman–Crippen LogP) is 3.70. The number of nitrogens with zero attached hydrogens (tertiary/aromatic N) is 1. The van der Waals surface area contributed by atoms with Crippen molar-refractivity contribution in [3.63, 3.8) is 0 Å². The van der Waals surface area contributed by atoms with E-state index < -0.39 is 5.95 Å². The average Bonchev–Trinajstić information content (AvgIpc) is 3.26. The highest BCUT2D eigenvalue weighted by molar-refractivity contribution is 5.85. The van der Waals surface area contributed by atoms with Gasteiger partial charge < -0.3 is 15.0 Å². The van der Waals surface area contributed by atoms with Crippen molar-refractivity contribution in [3.05, 3.63) is 59.8 Å². The van der Waals surface area contributed by atoms with E-state index in [0.717, 1.165) is 35.0 Å². The highest BCUT2D eigenvalue weighted by Gasteiger charge is 2.44. The Hall–Kier alpha value is -2.89. The first-order valence-electron chi connectivity index (χ1n) is 8.65. The van der Waals surface area contributed by atoms with Crippen LogP contribution < -0.4 is 10.1 Å². The molecule has 0 unspecified atom stereocenters. The number of carbonyl (C=O) groups is 1. The Balaban J connectivity index is 1.40. The second-order valence-electron chi connectivity index (χ2n) is 7.06. The summed E-state index contributed by atoms with van der Waals surface area (Å²) in [6, 6.07) is 10.8. The number of amides is 1. The van der Waals surface area contributed by atoms with E-state index in [1.165, 1.54) is 12.3 Å². The SMILES string of the molecule is CC1(C(=O)NCc2cc3ccc(OCc4ccc(F)nc4)cc3[nH]2)CC1. The number of hydrogen-bond donors (Lipinski definition) is 2. The lowest BCUT2D eigenvalue weighted by Gasteiger charge is -2.08. The Morgan fingerprint density at radius 2 is 2.15 bits per heavy atom. The van der Waals surface area contributed by atoms with Gasteiger partial charge in [-0.1, -0.05) is 6.92 Å². The molecule has 0 saturated heterocycles. The van der Waals surface area contributed by atoms with Gasteiger partial charge in [-0.05, 0) is 48.6 Å². The normalized spacial score (nSPS) is 15.0. The summed E-state index contributed by atoms with van der Waals surface area (Å²) < 4.78 is 18.6. The molecule has 0 spiro atoms. The van der Waals surface area contributed by atoms with Crippen LogP contribution in [0.25, 0.3) is 10.9 Å². The molecule has 1 amide bonds. The summed E-state index contributed by atoms with van der Waals surface area (Å²) in [4.78, 5) is 19.0. The fraction of sp³-hybridized carbons (Fsp3) is 0.300. The Kier molecular flexibility index (Phi) is 4.11.